The van der Waals surface area contributed by atoms with Crippen molar-refractivity contribution >= 4 is 5.97 Å². The molecule has 4 aliphatic carbocycles. The minimum absolute atomic E-state index is 0.0740. The van der Waals surface area contributed by atoms with Crippen molar-refractivity contribution in [3.63, 3.8) is 0 Å². The maximum absolute atomic E-state index is 12.2. The molecular formula is C20H32O2. The van der Waals surface area contributed by atoms with E-state index in [9.17, 15) is 9.90 Å². The van der Waals surface area contributed by atoms with Crippen LogP contribution in [0, 0.1) is 57.2 Å². The molecule has 0 aromatic rings. The molecule has 0 spiro atoms. The number of aliphatic carboxylic acids is 1. The third-order valence-electron chi connectivity index (χ3n) is 10.3. The van der Waals surface area contributed by atoms with Crippen LogP contribution in [0.2, 0.25) is 0 Å². The van der Waals surface area contributed by atoms with Gasteiger partial charge in [0.2, 0.25) is 0 Å². The summed E-state index contributed by atoms with van der Waals surface area (Å²) in [6.07, 6.45) is 2.50. The second kappa shape index (κ2) is 3.59. The molecule has 4 saturated carbocycles. The molecule has 1 N–H and O–H groups in total. The number of rotatable bonds is 1. The summed E-state index contributed by atoms with van der Waals surface area (Å²) < 4.78 is 0. The summed E-state index contributed by atoms with van der Waals surface area (Å²) in [5.41, 5.74) is 0.116. The fraction of sp³-hybridized carbons (Fsp3) is 0.950. The zero-order valence-electron chi connectivity index (χ0n) is 15.2. The lowest BCUT2D eigenvalue weighted by Crippen LogP contribution is -2.57. The molecule has 0 aromatic carbocycles. The van der Waals surface area contributed by atoms with Crippen molar-refractivity contribution in [2.24, 2.45) is 57.2 Å². The second-order valence-corrected chi connectivity index (χ2v) is 10.7. The Bertz CT molecular complexity index is 558. The number of hydrogen-bond acceptors (Lipinski definition) is 1. The van der Waals surface area contributed by atoms with E-state index in [2.05, 4.69) is 48.5 Å². The number of carboxylic acids is 1. The van der Waals surface area contributed by atoms with Crippen LogP contribution in [0.15, 0.2) is 0 Å². The highest BCUT2D eigenvalue weighted by Crippen LogP contribution is 2.82. The number of carboxylic acid groups (broad SMARTS) is 1. The Morgan fingerprint density at radius 1 is 0.727 bits per heavy atom. The molecule has 0 aromatic heterocycles. The van der Waals surface area contributed by atoms with E-state index in [1.807, 2.05) is 0 Å². The molecule has 124 valence electrons. The second-order valence-electron chi connectivity index (χ2n) is 10.7. The highest BCUT2D eigenvalue weighted by molar-refractivity contribution is 5.77. The van der Waals surface area contributed by atoms with E-state index in [0.29, 0.717) is 28.6 Å². The number of carbonyl (C=O) groups is 1. The third kappa shape index (κ3) is 1.17. The summed E-state index contributed by atoms with van der Waals surface area (Å²) in [5.74, 6) is 3.40. The van der Waals surface area contributed by atoms with Crippen molar-refractivity contribution in [3.05, 3.63) is 0 Å². The molecule has 7 unspecified atom stereocenters. The van der Waals surface area contributed by atoms with Crippen LogP contribution in [0.5, 0.6) is 0 Å². The molecule has 4 fully saturated rings. The lowest BCUT2D eigenvalue weighted by molar-refractivity contribution is -0.175. The van der Waals surface area contributed by atoms with Crippen molar-refractivity contribution in [2.45, 2.75) is 61.3 Å². The Hall–Kier alpha value is -0.530. The fourth-order valence-corrected chi connectivity index (χ4v) is 8.01. The van der Waals surface area contributed by atoms with Gasteiger partial charge in [0.1, 0.15) is 0 Å². The SMILES string of the molecule is CC1(C)C2CC(C3C2C2CC3C(C)(C(=O)O)C2(C)C)C1(C)C. The van der Waals surface area contributed by atoms with E-state index < -0.39 is 11.4 Å². The van der Waals surface area contributed by atoms with E-state index in [4.69, 9.17) is 0 Å². The Balaban J connectivity index is 1.84. The first-order chi connectivity index (χ1) is 9.90. The van der Waals surface area contributed by atoms with E-state index in [1.54, 1.807) is 0 Å². The van der Waals surface area contributed by atoms with Crippen LogP contribution < -0.4 is 0 Å². The van der Waals surface area contributed by atoms with Gasteiger partial charge in [0.25, 0.3) is 0 Å². The number of hydrogen-bond donors (Lipinski definition) is 1. The first-order valence-electron chi connectivity index (χ1n) is 9.13. The van der Waals surface area contributed by atoms with Gasteiger partial charge in [-0.25, -0.2) is 0 Å². The van der Waals surface area contributed by atoms with Crippen molar-refractivity contribution in [3.8, 4) is 0 Å². The summed E-state index contributed by atoms with van der Waals surface area (Å²) >= 11 is 0. The zero-order valence-corrected chi connectivity index (χ0v) is 15.2. The molecule has 7 atom stereocenters. The van der Waals surface area contributed by atoms with Crippen LogP contribution in [0.4, 0.5) is 0 Å². The van der Waals surface area contributed by atoms with Gasteiger partial charge in [-0.3, -0.25) is 4.79 Å². The average molecular weight is 304 g/mol. The first-order valence-corrected chi connectivity index (χ1v) is 9.13. The molecule has 0 saturated heterocycles. The normalized spacial score (nSPS) is 55.4. The van der Waals surface area contributed by atoms with Crippen molar-refractivity contribution in [2.75, 3.05) is 0 Å². The van der Waals surface area contributed by atoms with E-state index in [0.717, 1.165) is 24.2 Å². The predicted molar refractivity (Wildman–Crippen MR) is 87.3 cm³/mol. The van der Waals surface area contributed by atoms with Crippen molar-refractivity contribution in [1.29, 1.82) is 0 Å². The van der Waals surface area contributed by atoms with Crippen LogP contribution in [0.3, 0.4) is 0 Å². The minimum Gasteiger partial charge on any atom is -0.481 e. The van der Waals surface area contributed by atoms with Gasteiger partial charge < -0.3 is 5.11 Å². The van der Waals surface area contributed by atoms with Gasteiger partial charge in [-0.05, 0) is 71.5 Å². The maximum atomic E-state index is 12.2. The van der Waals surface area contributed by atoms with Gasteiger partial charge in [-0.2, -0.15) is 0 Å². The molecule has 4 rings (SSSR count). The minimum atomic E-state index is -0.553. The Morgan fingerprint density at radius 3 is 1.55 bits per heavy atom. The Labute approximate surface area is 135 Å². The number of fused-ring (bicyclic) bond motifs is 9. The largest absolute Gasteiger partial charge is 0.481 e. The van der Waals surface area contributed by atoms with Gasteiger partial charge in [0.05, 0.1) is 5.41 Å². The van der Waals surface area contributed by atoms with Gasteiger partial charge in [0.15, 0.2) is 0 Å². The molecule has 22 heavy (non-hydrogen) atoms. The topological polar surface area (TPSA) is 37.3 Å². The monoisotopic (exact) mass is 304 g/mol. The van der Waals surface area contributed by atoms with Crippen LogP contribution >= 0.6 is 0 Å². The summed E-state index contributed by atoms with van der Waals surface area (Å²) in [6.45, 7) is 16.4. The summed E-state index contributed by atoms with van der Waals surface area (Å²) in [5, 5.41) is 10.1. The molecule has 0 amide bonds. The standard InChI is InChI=1S/C20H32O2/c1-17(2)10-8-11(18(17,3)4)15-13-9-12(14(10)15)19(5,6)20(13,7)16(21)22/h10-15H,8-9H2,1-7H3,(H,21,22). The first kappa shape index (κ1) is 15.0. The van der Waals surface area contributed by atoms with Gasteiger partial charge in [0, 0.05) is 0 Å². The van der Waals surface area contributed by atoms with E-state index in [1.165, 1.54) is 6.42 Å². The molecule has 0 heterocycles. The van der Waals surface area contributed by atoms with Gasteiger partial charge >= 0.3 is 5.97 Å². The quantitative estimate of drug-likeness (QED) is 0.714. The highest BCUT2D eigenvalue weighted by atomic mass is 16.4. The van der Waals surface area contributed by atoms with E-state index >= 15 is 0 Å². The Morgan fingerprint density at radius 2 is 1.09 bits per heavy atom. The average Bonchev–Trinajstić information content (AvgIpc) is 3.01. The summed E-state index contributed by atoms with van der Waals surface area (Å²) in [6, 6.07) is 0. The van der Waals surface area contributed by atoms with Crippen molar-refractivity contribution < 1.29 is 9.90 Å². The van der Waals surface area contributed by atoms with Crippen LogP contribution in [-0.2, 0) is 4.79 Å². The predicted octanol–water partition coefficient (Wildman–Crippen LogP) is 4.69. The van der Waals surface area contributed by atoms with Crippen LogP contribution in [-0.4, -0.2) is 11.1 Å². The van der Waals surface area contributed by atoms with E-state index in [-0.39, 0.29) is 5.41 Å². The maximum Gasteiger partial charge on any atom is 0.310 e. The molecule has 0 radical (unpaired) electrons. The fourth-order valence-electron chi connectivity index (χ4n) is 8.01. The zero-order chi connectivity index (χ0) is 16.5. The smallest absolute Gasteiger partial charge is 0.310 e. The van der Waals surface area contributed by atoms with Gasteiger partial charge in [-0.15, -0.1) is 0 Å². The molecule has 0 aliphatic heterocycles. The van der Waals surface area contributed by atoms with Crippen LogP contribution in [0.1, 0.15) is 61.3 Å². The van der Waals surface area contributed by atoms with Crippen molar-refractivity contribution in [1.82, 2.24) is 0 Å². The van der Waals surface area contributed by atoms with Gasteiger partial charge in [-0.1, -0.05) is 41.5 Å². The molecule has 4 aliphatic rings. The Kier molecular flexibility index (Phi) is 2.45. The molecule has 2 nitrogen and oxygen atoms in total. The van der Waals surface area contributed by atoms with Crippen LogP contribution in [0.25, 0.3) is 0 Å². The molecule has 4 bridgehead atoms. The third-order valence-corrected chi connectivity index (χ3v) is 10.3. The summed E-state index contributed by atoms with van der Waals surface area (Å²) in [4.78, 5) is 12.2. The molecular weight excluding hydrogens is 272 g/mol. The molecule has 2 heteroatoms. The highest BCUT2D eigenvalue weighted by Gasteiger charge is 2.79. The summed E-state index contributed by atoms with van der Waals surface area (Å²) in [7, 11) is 0. The lowest BCUT2D eigenvalue weighted by atomic mass is 9.45. The lowest BCUT2D eigenvalue weighted by Gasteiger charge is -2.59.